The number of ether oxygens (including phenoxy) is 1. The highest BCUT2D eigenvalue weighted by molar-refractivity contribution is 7.21. The van der Waals surface area contributed by atoms with Gasteiger partial charge in [-0.3, -0.25) is 14.4 Å². The molecule has 198 valence electrons. The van der Waals surface area contributed by atoms with Crippen molar-refractivity contribution >= 4 is 44.7 Å². The van der Waals surface area contributed by atoms with Gasteiger partial charge in [-0.2, -0.15) is 0 Å². The van der Waals surface area contributed by atoms with Gasteiger partial charge in [0, 0.05) is 23.2 Å². The first kappa shape index (κ1) is 25.1. The Balaban J connectivity index is 1.42. The van der Waals surface area contributed by atoms with Crippen molar-refractivity contribution < 1.29 is 19.1 Å². The van der Waals surface area contributed by atoms with Crippen molar-refractivity contribution in [3.63, 3.8) is 0 Å². The van der Waals surface area contributed by atoms with E-state index in [2.05, 4.69) is 10.6 Å². The molecule has 39 heavy (non-hydrogen) atoms. The van der Waals surface area contributed by atoms with Gasteiger partial charge in [0.25, 0.3) is 5.91 Å². The summed E-state index contributed by atoms with van der Waals surface area (Å²) in [6.45, 7) is 0.580. The van der Waals surface area contributed by atoms with Crippen LogP contribution in [-0.4, -0.2) is 30.2 Å². The first-order valence-corrected chi connectivity index (χ1v) is 13.5. The predicted molar refractivity (Wildman–Crippen MR) is 150 cm³/mol. The number of para-hydroxylation sites is 1. The Kier molecular flexibility index (Phi) is 6.10. The second-order valence-electron chi connectivity index (χ2n) is 9.80. The second-order valence-corrected chi connectivity index (χ2v) is 10.8. The highest BCUT2D eigenvalue weighted by atomic mass is 32.1. The molecule has 3 unspecified atom stereocenters. The lowest BCUT2D eigenvalue weighted by atomic mass is 9.70. The van der Waals surface area contributed by atoms with Crippen LogP contribution < -0.4 is 32.6 Å². The number of Topliss-reactive ketones (excluding diaryl/α,β-unsaturated/α-hetero) is 1. The summed E-state index contributed by atoms with van der Waals surface area (Å²) >= 11 is 1.16. The predicted octanol–water partition coefficient (Wildman–Crippen LogP) is 3.07. The number of nitrogen functional groups attached to an aromatic ring is 1. The normalized spacial score (nSPS) is 22.4. The summed E-state index contributed by atoms with van der Waals surface area (Å²) in [6.07, 6.45) is 1.29. The zero-order valence-electron chi connectivity index (χ0n) is 20.9. The summed E-state index contributed by atoms with van der Waals surface area (Å²) in [4.78, 5) is 39.8. The number of anilines is 1. The first-order chi connectivity index (χ1) is 18.8. The molecule has 1 aromatic heterocycles. The quantitative estimate of drug-likeness (QED) is 0.242. The molecule has 9 nitrogen and oxygen atoms in total. The van der Waals surface area contributed by atoms with Crippen molar-refractivity contribution in [2.24, 2.45) is 11.5 Å². The number of piperidine rings is 1. The van der Waals surface area contributed by atoms with E-state index in [1.807, 2.05) is 30.3 Å². The van der Waals surface area contributed by atoms with Crippen molar-refractivity contribution in [1.82, 2.24) is 10.6 Å². The molecule has 0 radical (unpaired) electrons. The number of carbonyl (C=O) groups is 3. The lowest BCUT2D eigenvalue weighted by Crippen LogP contribution is -2.53. The molecule has 8 N–H and O–H groups in total. The van der Waals surface area contributed by atoms with E-state index < -0.39 is 29.3 Å². The van der Waals surface area contributed by atoms with E-state index in [4.69, 9.17) is 21.9 Å². The van der Waals surface area contributed by atoms with Crippen LogP contribution >= 0.6 is 11.3 Å². The molecule has 0 bridgehead atoms. The molecule has 10 heteroatoms. The van der Waals surface area contributed by atoms with E-state index >= 15 is 0 Å². The van der Waals surface area contributed by atoms with Crippen LogP contribution in [0.5, 0.6) is 11.5 Å². The third-order valence-electron chi connectivity index (χ3n) is 7.40. The van der Waals surface area contributed by atoms with E-state index in [-0.39, 0.29) is 10.8 Å². The van der Waals surface area contributed by atoms with Crippen LogP contribution in [0.25, 0.3) is 10.1 Å². The maximum absolute atomic E-state index is 13.9. The molecule has 0 spiro atoms. The molecule has 2 heterocycles. The fourth-order valence-corrected chi connectivity index (χ4v) is 6.59. The second kappa shape index (κ2) is 9.49. The molecule has 2 amide bonds. The molecule has 3 aromatic carbocycles. The monoisotopic (exact) mass is 541 g/mol. The molecular weight excluding hydrogens is 514 g/mol. The Morgan fingerprint density at radius 1 is 1.03 bits per heavy atom. The van der Waals surface area contributed by atoms with Gasteiger partial charge in [-0.25, -0.2) is 0 Å². The van der Waals surface area contributed by atoms with Gasteiger partial charge >= 0.3 is 0 Å². The minimum absolute atomic E-state index is 0.231. The lowest BCUT2D eigenvalue weighted by Gasteiger charge is -2.36. The average Bonchev–Trinajstić information content (AvgIpc) is 3.35. The summed E-state index contributed by atoms with van der Waals surface area (Å²) in [5, 5.41) is 6.17. The molecular formula is C29H27N5O4S. The van der Waals surface area contributed by atoms with Gasteiger partial charge < -0.3 is 32.6 Å². The van der Waals surface area contributed by atoms with Crippen molar-refractivity contribution in [3.05, 3.63) is 88.3 Å². The topological polar surface area (TPSA) is 163 Å². The van der Waals surface area contributed by atoms with Crippen molar-refractivity contribution in [1.29, 1.82) is 0 Å². The zero-order chi connectivity index (χ0) is 27.3. The largest absolute Gasteiger partial charge is 0.457 e. The highest BCUT2D eigenvalue weighted by Gasteiger charge is 2.48. The van der Waals surface area contributed by atoms with Gasteiger partial charge in [0.1, 0.15) is 23.1 Å². The summed E-state index contributed by atoms with van der Waals surface area (Å²) in [6, 6.07) is 17.9. The van der Waals surface area contributed by atoms with E-state index in [1.54, 1.807) is 36.4 Å². The third kappa shape index (κ3) is 4.04. The number of hydrogen-bond donors (Lipinski definition) is 5. The maximum atomic E-state index is 13.9. The van der Waals surface area contributed by atoms with E-state index in [1.165, 1.54) is 0 Å². The Hall–Kier alpha value is -4.25. The van der Waals surface area contributed by atoms with E-state index in [0.717, 1.165) is 17.8 Å². The number of nitrogens with two attached hydrogens (primary N) is 3. The molecule has 1 saturated heterocycles. The van der Waals surface area contributed by atoms with Gasteiger partial charge in [-0.1, -0.05) is 36.4 Å². The Morgan fingerprint density at radius 2 is 1.74 bits per heavy atom. The minimum Gasteiger partial charge on any atom is -0.457 e. The van der Waals surface area contributed by atoms with Crippen molar-refractivity contribution in [2.75, 3.05) is 12.3 Å². The molecule has 6 rings (SSSR count). The smallest absolute Gasteiger partial charge is 0.262 e. The van der Waals surface area contributed by atoms with Gasteiger partial charge in [-0.15, -0.1) is 11.3 Å². The molecule has 2 aliphatic rings. The van der Waals surface area contributed by atoms with Crippen LogP contribution in [0.15, 0.2) is 66.7 Å². The molecule has 1 aliphatic carbocycles. The molecule has 1 fully saturated rings. The molecule has 1 aliphatic heterocycles. The first-order valence-electron chi connectivity index (χ1n) is 12.6. The number of ketones is 1. The van der Waals surface area contributed by atoms with Crippen LogP contribution in [0.4, 0.5) is 5.69 Å². The third-order valence-corrected chi connectivity index (χ3v) is 8.65. The molecule has 0 saturated carbocycles. The number of rotatable bonds is 5. The highest BCUT2D eigenvalue weighted by Crippen LogP contribution is 2.49. The minimum atomic E-state index is -1.57. The zero-order valence-corrected chi connectivity index (χ0v) is 21.7. The summed E-state index contributed by atoms with van der Waals surface area (Å²) in [5.41, 5.74) is 20.1. The Morgan fingerprint density at radius 3 is 2.46 bits per heavy atom. The van der Waals surface area contributed by atoms with Crippen molar-refractivity contribution in [2.45, 2.75) is 30.5 Å². The number of thiophene rings is 1. The van der Waals surface area contributed by atoms with E-state index in [0.29, 0.717) is 56.9 Å². The number of hydrogen-bond acceptors (Lipinski definition) is 8. The number of benzene rings is 3. The average molecular weight is 542 g/mol. The van der Waals surface area contributed by atoms with Crippen molar-refractivity contribution in [3.8, 4) is 11.5 Å². The fourth-order valence-electron chi connectivity index (χ4n) is 5.39. The van der Waals surface area contributed by atoms with Crippen LogP contribution in [0.1, 0.15) is 45.2 Å². The number of amides is 2. The molecule has 3 atom stereocenters. The van der Waals surface area contributed by atoms with E-state index in [9.17, 15) is 14.4 Å². The van der Waals surface area contributed by atoms with Gasteiger partial charge in [0.05, 0.1) is 15.6 Å². The number of nitrogens with one attached hydrogen (secondary N) is 2. The van der Waals surface area contributed by atoms with Gasteiger partial charge in [0.2, 0.25) is 5.91 Å². The van der Waals surface area contributed by atoms with Gasteiger partial charge in [-0.05, 0) is 54.3 Å². The maximum Gasteiger partial charge on any atom is 0.262 e. The Bertz CT molecular complexity index is 1620. The molecule has 4 aromatic rings. The summed E-state index contributed by atoms with van der Waals surface area (Å²) in [7, 11) is 0. The Labute approximate surface area is 228 Å². The van der Waals surface area contributed by atoms with Crippen LogP contribution in [0.2, 0.25) is 0 Å². The lowest BCUT2D eigenvalue weighted by molar-refractivity contribution is -0.125. The SMILES string of the molecule is Nc1ccc2c3c(c(C(=O)NC4CCCNC4=O)sc13)C(N)C(=O)C2(N)c1ccc(Oc2ccccc2)cc1. The van der Waals surface area contributed by atoms with Crippen LogP contribution in [-0.2, 0) is 15.1 Å². The van der Waals surface area contributed by atoms with Crippen LogP contribution in [0.3, 0.4) is 0 Å². The summed E-state index contributed by atoms with van der Waals surface area (Å²) < 4.78 is 6.52. The summed E-state index contributed by atoms with van der Waals surface area (Å²) in [5.74, 6) is 0.133. The number of carbonyl (C=O) groups excluding carboxylic acids is 3. The standard InChI is InChI=1S/C29H27N5O4S/c30-19-13-12-18-21-22(25(39-24(19)21)28(37)34-20-7-4-14-33-27(20)36)23(31)26(35)29(18,32)15-8-10-17(11-9-15)38-16-5-2-1-3-6-16/h1-3,5-6,8-13,20,23H,4,7,14,30-32H2,(H,33,36)(H,34,37). The fraction of sp³-hybridized carbons (Fsp3) is 0.207. The van der Waals surface area contributed by atoms with Crippen LogP contribution in [0, 0.1) is 0 Å². The van der Waals surface area contributed by atoms with Gasteiger partial charge in [0.15, 0.2) is 5.78 Å².